The lowest BCUT2D eigenvalue weighted by molar-refractivity contribution is -0.139. The summed E-state index contributed by atoms with van der Waals surface area (Å²) in [4.78, 5) is 11.5. The first kappa shape index (κ1) is 19.3. The zero-order chi connectivity index (χ0) is 19.6. The predicted molar refractivity (Wildman–Crippen MR) is 106 cm³/mol. The lowest BCUT2D eigenvalue weighted by Crippen LogP contribution is -2.11. The SMILES string of the molecule is COC(=O)Cc1ccccc1OCCOc1ccc(Oc2ccccc2)cc1. The summed E-state index contributed by atoms with van der Waals surface area (Å²) in [5, 5.41) is 0. The number of rotatable bonds is 9. The second kappa shape index (κ2) is 10.0. The fraction of sp³-hybridized carbons (Fsp3) is 0.174. The van der Waals surface area contributed by atoms with Gasteiger partial charge in [-0.3, -0.25) is 4.79 Å². The van der Waals surface area contributed by atoms with Gasteiger partial charge in [-0.2, -0.15) is 0 Å². The van der Waals surface area contributed by atoms with Gasteiger partial charge in [0, 0.05) is 5.56 Å². The summed E-state index contributed by atoms with van der Waals surface area (Å²) in [5.41, 5.74) is 0.789. The summed E-state index contributed by atoms with van der Waals surface area (Å²) in [5.74, 6) is 2.61. The van der Waals surface area contributed by atoms with Crippen LogP contribution in [0, 0.1) is 0 Å². The molecule has 0 aliphatic rings. The standard InChI is InChI=1S/C23H22O5/c1-25-23(24)17-18-7-5-6-10-22(18)27-16-15-26-19-11-13-21(14-12-19)28-20-8-3-2-4-9-20/h2-14H,15-17H2,1H3. The number of methoxy groups -OCH3 is 1. The van der Waals surface area contributed by atoms with Gasteiger partial charge in [0.15, 0.2) is 0 Å². The number of hydrogen-bond donors (Lipinski definition) is 0. The van der Waals surface area contributed by atoms with E-state index < -0.39 is 0 Å². The summed E-state index contributed by atoms with van der Waals surface area (Å²) >= 11 is 0. The lowest BCUT2D eigenvalue weighted by atomic mass is 10.1. The molecule has 0 aliphatic carbocycles. The Bertz CT molecular complexity index is 875. The number of benzene rings is 3. The Labute approximate surface area is 164 Å². The van der Waals surface area contributed by atoms with E-state index >= 15 is 0 Å². The average Bonchev–Trinajstić information content (AvgIpc) is 2.74. The van der Waals surface area contributed by atoms with Gasteiger partial charge in [-0.05, 0) is 42.5 Å². The lowest BCUT2D eigenvalue weighted by Gasteiger charge is -2.12. The van der Waals surface area contributed by atoms with E-state index in [1.165, 1.54) is 7.11 Å². The van der Waals surface area contributed by atoms with Crippen molar-refractivity contribution in [2.75, 3.05) is 20.3 Å². The first-order valence-corrected chi connectivity index (χ1v) is 8.98. The van der Waals surface area contributed by atoms with Crippen LogP contribution in [0.5, 0.6) is 23.0 Å². The molecule has 0 saturated heterocycles. The van der Waals surface area contributed by atoms with Gasteiger partial charge in [0.05, 0.1) is 13.5 Å². The maximum atomic E-state index is 11.5. The first-order valence-electron chi connectivity index (χ1n) is 8.98. The molecule has 5 heteroatoms. The fourth-order valence-corrected chi connectivity index (χ4v) is 2.56. The van der Waals surface area contributed by atoms with Crippen LogP contribution in [0.25, 0.3) is 0 Å². The molecule has 0 amide bonds. The summed E-state index contributed by atoms with van der Waals surface area (Å²) in [7, 11) is 1.37. The van der Waals surface area contributed by atoms with Crippen LogP contribution < -0.4 is 14.2 Å². The molecule has 0 bridgehead atoms. The molecule has 0 heterocycles. The smallest absolute Gasteiger partial charge is 0.310 e. The average molecular weight is 378 g/mol. The molecule has 5 nitrogen and oxygen atoms in total. The monoisotopic (exact) mass is 378 g/mol. The summed E-state index contributed by atoms with van der Waals surface area (Å²) in [6.07, 6.45) is 0.177. The Morgan fingerprint density at radius 2 is 1.32 bits per heavy atom. The molecule has 0 radical (unpaired) electrons. The van der Waals surface area contributed by atoms with Gasteiger partial charge >= 0.3 is 5.97 Å². The second-order valence-corrected chi connectivity index (χ2v) is 5.94. The van der Waals surface area contributed by atoms with Crippen LogP contribution in [-0.4, -0.2) is 26.3 Å². The van der Waals surface area contributed by atoms with Crippen molar-refractivity contribution in [3.63, 3.8) is 0 Å². The van der Waals surface area contributed by atoms with E-state index in [-0.39, 0.29) is 12.4 Å². The minimum absolute atomic E-state index is 0.177. The van der Waals surface area contributed by atoms with E-state index in [0.29, 0.717) is 19.0 Å². The molecule has 0 N–H and O–H groups in total. The molecule has 0 saturated carbocycles. The Hall–Kier alpha value is -3.47. The van der Waals surface area contributed by atoms with Crippen LogP contribution in [0.1, 0.15) is 5.56 Å². The summed E-state index contributed by atoms with van der Waals surface area (Å²) in [6.45, 7) is 0.742. The van der Waals surface area contributed by atoms with Gasteiger partial charge in [0.1, 0.15) is 36.2 Å². The number of para-hydroxylation sites is 2. The molecule has 0 fully saturated rings. The van der Waals surface area contributed by atoms with Crippen molar-refractivity contribution in [2.24, 2.45) is 0 Å². The van der Waals surface area contributed by atoms with Crippen molar-refractivity contribution < 1.29 is 23.7 Å². The Balaban J connectivity index is 1.46. The molecular formula is C23H22O5. The normalized spacial score (nSPS) is 10.2. The summed E-state index contributed by atoms with van der Waals surface area (Å²) < 4.78 is 21.9. The van der Waals surface area contributed by atoms with Crippen LogP contribution in [0.15, 0.2) is 78.9 Å². The van der Waals surface area contributed by atoms with Gasteiger partial charge in [-0.15, -0.1) is 0 Å². The first-order chi connectivity index (χ1) is 13.7. The molecule has 0 aliphatic heterocycles. The van der Waals surface area contributed by atoms with E-state index in [1.807, 2.05) is 78.9 Å². The van der Waals surface area contributed by atoms with Gasteiger partial charge in [0.25, 0.3) is 0 Å². The molecule has 0 spiro atoms. The number of ether oxygens (including phenoxy) is 4. The number of carbonyl (C=O) groups excluding carboxylic acids is 1. The maximum absolute atomic E-state index is 11.5. The topological polar surface area (TPSA) is 54.0 Å². The zero-order valence-corrected chi connectivity index (χ0v) is 15.7. The van der Waals surface area contributed by atoms with E-state index in [1.54, 1.807) is 0 Å². The molecule has 3 aromatic carbocycles. The Kier molecular flexibility index (Phi) is 6.90. The molecule has 28 heavy (non-hydrogen) atoms. The van der Waals surface area contributed by atoms with Gasteiger partial charge in [-0.1, -0.05) is 36.4 Å². The van der Waals surface area contributed by atoms with E-state index in [9.17, 15) is 4.79 Å². The molecule has 3 aromatic rings. The molecule has 144 valence electrons. The molecule has 0 aromatic heterocycles. The van der Waals surface area contributed by atoms with Gasteiger partial charge in [0.2, 0.25) is 0 Å². The van der Waals surface area contributed by atoms with Crippen molar-refractivity contribution in [1.29, 1.82) is 0 Å². The highest BCUT2D eigenvalue weighted by Gasteiger charge is 2.08. The highest BCUT2D eigenvalue weighted by Crippen LogP contribution is 2.23. The van der Waals surface area contributed by atoms with Crippen LogP contribution in [0.3, 0.4) is 0 Å². The van der Waals surface area contributed by atoms with Crippen LogP contribution in [-0.2, 0) is 16.0 Å². The molecule has 0 atom stereocenters. The third-order valence-corrected chi connectivity index (χ3v) is 3.95. The van der Waals surface area contributed by atoms with Gasteiger partial charge in [-0.25, -0.2) is 0 Å². The van der Waals surface area contributed by atoms with Crippen molar-refractivity contribution in [3.05, 3.63) is 84.4 Å². The number of esters is 1. The van der Waals surface area contributed by atoms with Crippen molar-refractivity contribution in [2.45, 2.75) is 6.42 Å². The van der Waals surface area contributed by atoms with E-state index in [2.05, 4.69) is 0 Å². The predicted octanol–water partition coefficient (Wildman–Crippen LogP) is 4.65. The van der Waals surface area contributed by atoms with E-state index in [4.69, 9.17) is 18.9 Å². The van der Waals surface area contributed by atoms with E-state index in [0.717, 1.165) is 22.8 Å². The fourth-order valence-electron chi connectivity index (χ4n) is 2.56. The van der Waals surface area contributed by atoms with Crippen molar-refractivity contribution in [1.82, 2.24) is 0 Å². The number of carbonyl (C=O) groups is 1. The minimum atomic E-state index is -0.301. The number of hydrogen-bond acceptors (Lipinski definition) is 5. The minimum Gasteiger partial charge on any atom is -0.490 e. The largest absolute Gasteiger partial charge is 0.490 e. The third kappa shape index (κ3) is 5.77. The highest BCUT2D eigenvalue weighted by molar-refractivity contribution is 5.73. The second-order valence-electron chi connectivity index (χ2n) is 5.94. The zero-order valence-electron chi connectivity index (χ0n) is 15.7. The highest BCUT2D eigenvalue weighted by atomic mass is 16.5. The Morgan fingerprint density at radius 1 is 0.714 bits per heavy atom. The summed E-state index contributed by atoms with van der Waals surface area (Å²) in [6, 6.07) is 24.4. The van der Waals surface area contributed by atoms with Crippen molar-refractivity contribution in [3.8, 4) is 23.0 Å². The maximum Gasteiger partial charge on any atom is 0.310 e. The van der Waals surface area contributed by atoms with Crippen LogP contribution >= 0.6 is 0 Å². The molecule has 3 rings (SSSR count). The molecule has 0 unspecified atom stereocenters. The van der Waals surface area contributed by atoms with Crippen LogP contribution in [0.4, 0.5) is 0 Å². The Morgan fingerprint density at radius 3 is 2.07 bits per heavy atom. The molecular weight excluding hydrogens is 356 g/mol. The van der Waals surface area contributed by atoms with Gasteiger partial charge < -0.3 is 18.9 Å². The quantitative estimate of drug-likeness (QED) is 0.401. The van der Waals surface area contributed by atoms with Crippen molar-refractivity contribution >= 4 is 5.97 Å². The van der Waals surface area contributed by atoms with Crippen LogP contribution in [0.2, 0.25) is 0 Å². The third-order valence-electron chi connectivity index (χ3n) is 3.95.